The molecule has 3 aliphatic rings. The van der Waals surface area contributed by atoms with E-state index in [2.05, 4.69) is 24.4 Å². The van der Waals surface area contributed by atoms with Crippen LogP contribution in [0.3, 0.4) is 0 Å². The fourth-order valence-corrected chi connectivity index (χ4v) is 7.82. The number of ether oxygens (including phenoxy) is 4. The van der Waals surface area contributed by atoms with Crippen molar-refractivity contribution in [2.75, 3.05) is 59.4 Å². The number of fused-ring (bicyclic) bond motifs is 2. The first-order chi connectivity index (χ1) is 24.4. The molecule has 2 aliphatic carbocycles. The molecule has 0 spiro atoms. The number of hydrogen-bond acceptors (Lipinski definition) is 11. The predicted molar refractivity (Wildman–Crippen MR) is 189 cm³/mol. The van der Waals surface area contributed by atoms with E-state index in [-0.39, 0.29) is 82.7 Å². The van der Waals surface area contributed by atoms with E-state index in [1.165, 1.54) is 0 Å². The van der Waals surface area contributed by atoms with Gasteiger partial charge in [0.25, 0.3) is 0 Å². The zero-order chi connectivity index (χ0) is 35.9. The Kier molecular flexibility index (Phi) is 15.6. The number of oxime groups is 1. The van der Waals surface area contributed by atoms with Crippen LogP contribution >= 0.6 is 0 Å². The zero-order valence-electron chi connectivity index (χ0n) is 29.4. The second-order valence-corrected chi connectivity index (χ2v) is 12.9. The molecule has 1 saturated carbocycles. The number of carbonyl (C=O) groups is 1. The molecule has 12 nitrogen and oxygen atoms in total. The van der Waals surface area contributed by atoms with E-state index in [1.54, 1.807) is 35.3 Å². The fraction of sp³-hybridized carbons (Fsp3) is 0.632. The summed E-state index contributed by atoms with van der Waals surface area (Å²) in [5.41, 5.74) is 2.40. The van der Waals surface area contributed by atoms with Crippen molar-refractivity contribution in [3.8, 4) is 11.5 Å². The van der Waals surface area contributed by atoms with Gasteiger partial charge in [0.15, 0.2) is 0 Å². The lowest BCUT2D eigenvalue weighted by atomic mass is 9.55. The summed E-state index contributed by atoms with van der Waals surface area (Å²) in [6.07, 6.45) is 10.2. The molecule has 0 radical (unpaired) electrons. The van der Waals surface area contributed by atoms with Crippen molar-refractivity contribution in [1.29, 1.82) is 0 Å². The van der Waals surface area contributed by atoms with Crippen LogP contribution in [0, 0.1) is 17.8 Å². The Balaban J connectivity index is 1.98. The molecular weight excluding hydrogens is 644 g/mol. The average molecular weight is 701 g/mol. The Morgan fingerprint density at radius 1 is 1.06 bits per heavy atom. The Morgan fingerprint density at radius 2 is 1.84 bits per heavy atom. The maximum Gasteiger partial charge on any atom is 0.410 e. The van der Waals surface area contributed by atoms with Gasteiger partial charge in [-0.1, -0.05) is 36.2 Å². The number of phenolic OH excluding ortho intramolecular Hbond substituents is 1. The van der Waals surface area contributed by atoms with Crippen molar-refractivity contribution in [3.05, 3.63) is 60.7 Å². The van der Waals surface area contributed by atoms with E-state index in [9.17, 15) is 25.2 Å². The standard InChI is InChI=1S/C38H56N2O10/c1-4-7-21-47-37(45)40(16-22-46-23-19-43)34-26-32(39-49-6-3)30-24-27(12-8-10-17-41)29(13-9-11-18-42)35-31-25-28(44)14-15-33(31)50-38(34,36(30)35)48-20-5-2/h4-5,14-15,24-25,27,29,34-36,41-44H,1-2,6-13,16-23,26H2,3H3. The van der Waals surface area contributed by atoms with Crippen LogP contribution in [-0.4, -0.2) is 108 Å². The maximum atomic E-state index is 14.0. The third-order valence-electron chi connectivity index (χ3n) is 9.83. The van der Waals surface area contributed by atoms with Crippen molar-refractivity contribution in [2.24, 2.45) is 22.9 Å². The van der Waals surface area contributed by atoms with Gasteiger partial charge < -0.3 is 44.2 Å². The van der Waals surface area contributed by atoms with Crippen molar-refractivity contribution >= 4 is 11.8 Å². The number of phenols is 1. The maximum absolute atomic E-state index is 14.0. The quantitative estimate of drug-likeness (QED) is 0.0731. The van der Waals surface area contributed by atoms with Crippen LogP contribution in [0.5, 0.6) is 11.5 Å². The summed E-state index contributed by atoms with van der Waals surface area (Å²) in [4.78, 5) is 21.3. The largest absolute Gasteiger partial charge is 0.508 e. The Morgan fingerprint density at radius 3 is 2.54 bits per heavy atom. The number of aliphatic hydroxyl groups excluding tert-OH is 3. The van der Waals surface area contributed by atoms with Crippen molar-refractivity contribution in [1.82, 2.24) is 4.90 Å². The van der Waals surface area contributed by atoms with E-state index in [1.807, 2.05) is 6.92 Å². The van der Waals surface area contributed by atoms with Gasteiger partial charge in [-0.3, -0.25) is 4.90 Å². The SMILES string of the molecule is C=CCCOC(=O)N(CCOCCO)C1CC(=NOCC)C2=CC(CCCCO)C(CCCCO)C3c4cc(O)ccc4OC1(OCC=C)C23. The highest BCUT2D eigenvalue weighted by Crippen LogP contribution is 2.61. The second kappa shape index (κ2) is 19.8. The van der Waals surface area contributed by atoms with Crippen molar-refractivity contribution in [2.45, 2.75) is 76.0 Å². The highest BCUT2D eigenvalue weighted by Gasteiger charge is 2.65. The molecule has 6 unspecified atom stereocenters. The van der Waals surface area contributed by atoms with Gasteiger partial charge >= 0.3 is 6.09 Å². The molecule has 0 saturated heterocycles. The van der Waals surface area contributed by atoms with Gasteiger partial charge in [-0.2, -0.15) is 0 Å². The number of nitrogens with zero attached hydrogens (tertiary/aromatic N) is 2. The van der Waals surface area contributed by atoms with E-state index in [4.69, 9.17) is 23.8 Å². The van der Waals surface area contributed by atoms with Gasteiger partial charge in [0.05, 0.1) is 44.7 Å². The van der Waals surface area contributed by atoms with E-state index >= 15 is 0 Å². The average Bonchev–Trinajstić information content (AvgIpc) is 3.11. The molecular formula is C38H56N2O10. The minimum absolute atomic E-state index is 0.0399. The number of aliphatic hydroxyl groups is 3. The van der Waals surface area contributed by atoms with E-state index in [0.717, 1.165) is 36.8 Å². The van der Waals surface area contributed by atoms with Gasteiger partial charge in [0.2, 0.25) is 5.79 Å². The van der Waals surface area contributed by atoms with Gasteiger partial charge in [-0.05, 0) is 74.6 Å². The summed E-state index contributed by atoms with van der Waals surface area (Å²) in [7, 11) is 0. The first-order valence-corrected chi connectivity index (χ1v) is 18.0. The summed E-state index contributed by atoms with van der Waals surface area (Å²) in [5, 5.41) is 44.2. The molecule has 1 heterocycles. The number of benzene rings is 1. The fourth-order valence-electron chi connectivity index (χ4n) is 7.82. The highest BCUT2D eigenvalue weighted by atomic mass is 16.7. The Bertz CT molecular complexity index is 1320. The first-order valence-electron chi connectivity index (χ1n) is 18.0. The third kappa shape index (κ3) is 9.08. The topological polar surface area (TPSA) is 160 Å². The third-order valence-corrected chi connectivity index (χ3v) is 9.83. The second-order valence-electron chi connectivity index (χ2n) is 12.9. The van der Waals surface area contributed by atoms with Crippen LogP contribution in [0.2, 0.25) is 0 Å². The first kappa shape index (κ1) is 39.4. The van der Waals surface area contributed by atoms with Gasteiger partial charge in [-0.25, -0.2) is 4.79 Å². The summed E-state index contributed by atoms with van der Waals surface area (Å²) in [5.74, 6) is -1.41. The lowest BCUT2D eigenvalue weighted by Crippen LogP contribution is -2.70. The molecule has 6 atom stereocenters. The van der Waals surface area contributed by atoms with Gasteiger partial charge in [-0.15, -0.1) is 13.2 Å². The zero-order valence-corrected chi connectivity index (χ0v) is 29.4. The lowest BCUT2D eigenvalue weighted by Gasteiger charge is -2.59. The monoisotopic (exact) mass is 700 g/mol. The van der Waals surface area contributed by atoms with E-state index in [0.29, 0.717) is 37.3 Å². The molecule has 1 aromatic carbocycles. The number of hydrogen-bond donors (Lipinski definition) is 4. The van der Waals surface area contributed by atoms with Gasteiger partial charge in [0.1, 0.15) is 24.1 Å². The van der Waals surface area contributed by atoms with Crippen LogP contribution in [0.4, 0.5) is 4.79 Å². The molecule has 1 fully saturated rings. The molecule has 1 aromatic rings. The molecule has 0 bridgehead atoms. The molecule has 1 aliphatic heterocycles. The minimum Gasteiger partial charge on any atom is -0.508 e. The molecule has 4 rings (SSSR count). The number of amides is 1. The minimum atomic E-state index is -1.44. The summed E-state index contributed by atoms with van der Waals surface area (Å²) in [6.45, 7) is 10.5. The number of allylic oxidation sites excluding steroid dienone is 1. The molecule has 50 heavy (non-hydrogen) atoms. The Labute approximate surface area is 296 Å². The normalized spacial score (nSPS) is 25.9. The van der Waals surface area contributed by atoms with Crippen LogP contribution in [-0.2, 0) is 19.0 Å². The smallest absolute Gasteiger partial charge is 0.410 e. The molecule has 0 aromatic heterocycles. The molecule has 12 heteroatoms. The number of rotatable bonds is 22. The highest BCUT2D eigenvalue weighted by molar-refractivity contribution is 6.02. The molecule has 4 N–H and O–H groups in total. The summed E-state index contributed by atoms with van der Waals surface area (Å²) < 4.78 is 25.3. The number of aromatic hydroxyl groups is 1. The van der Waals surface area contributed by atoms with E-state index < -0.39 is 23.8 Å². The van der Waals surface area contributed by atoms with Crippen LogP contribution in [0.15, 0.2) is 60.3 Å². The van der Waals surface area contributed by atoms with Crippen molar-refractivity contribution in [3.63, 3.8) is 0 Å². The van der Waals surface area contributed by atoms with Crippen LogP contribution in [0.1, 0.15) is 69.8 Å². The van der Waals surface area contributed by atoms with Crippen molar-refractivity contribution < 1.29 is 49.0 Å². The van der Waals surface area contributed by atoms with Crippen LogP contribution < -0.4 is 4.74 Å². The molecule has 1 amide bonds. The van der Waals surface area contributed by atoms with Crippen LogP contribution in [0.25, 0.3) is 0 Å². The lowest BCUT2D eigenvalue weighted by molar-refractivity contribution is -0.256. The summed E-state index contributed by atoms with van der Waals surface area (Å²) >= 11 is 0. The Hall–Kier alpha value is -3.42. The number of unbranched alkanes of at least 4 members (excludes halogenated alkanes) is 2. The molecule has 278 valence electrons. The summed E-state index contributed by atoms with van der Waals surface area (Å²) in [6, 6.07) is 4.33. The number of carbonyl (C=O) groups excluding carboxylic acids is 1. The predicted octanol–water partition coefficient (Wildman–Crippen LogP) is 5.07. The van der Waals surface area contributed by atoms with Gasteiger partial charge in [0, 0.05) is 37.7 Å².